The highest BCUT2D eigenvalue weighted by molar-refractivity contribution is 6.04. The lowest BCUT2D eigenvalue weighted by molar-refractivity contribution is -0.123. The molecule has 3 N–H and O–H groups in total. The van der Waals surface area contributed by atoms with Crippen LogP contribution in [0.4, 0.5) is 17.5 Å². The lowest BCUT2D eigenvalue weighted by Crippen LogP contribution is -2.40. The first-order valence-corrected chi connectivity index (χ1v) is 12.8. The fraction of sp³-hybridized carbons (Fsp3) is 0.357. The van der Waals surface area contributed by atoms with Crippen LogP contribution in [0.2, 0.25) is 0 Å². The van der Waals surface area contributed by atoms with Gasteiger partial charge in [0, 0.05) is 25.2 Å². The fourth-order valence-electron chi connectivity index (χ4n) is 5.06. The van der Waals surface area contributed by atoms with Crippen molar-refractivity contribution in [2.45, 2.75) is 38.5 Å². The van der Waals surface area contributed by atoms with Crippen LogP contribution in [-0.2, 0) is 16.0 Å². The van der Waals surface area contributed by atoms with Crippen molar-refractivity contribution in [3.8, 4) is 5.75 Å². The summed E-state index contributed by atoms with van der Waals surface area (Å²) in [6.45, 7) is 3.96. The quantitative estimate of drug-likeness (QED) is 0.455. The minimum Gasteiger partial charge on any atom is -0.494 e. The Bertz CT molecular complexity index is 1310. The highest BCUT2D eigenvalue weighted by atomic mass is 16.5. The van der Waals surface area contributed by atoms with Gasteiger partial charge < -0.3 is 20.3 Å². The number of ether oxygens (including phenoxy) is 1. The normalized spacial score (nSPS) is 17.6. The number of carbonyl (C=O) groups is 2. The molecule has 1 atom stereocenters. The molecular formula is C28H31N5O4. The van der Waals surface area contributed by atoms with Gasteiger partial charge in [-0.3, -0.25) is 19.4 Å². The van der Waals surface area contributed by atoms with E-state index >= 15 is 0 Å². The number of carbonyl (C=O) groups excluding carboxylic acids is 2. The zero-order valence-electron chi connectivity index (χ0n) is 20.8. The molecule has 2 aliphatic heterocycles. The molecule has 0 aliphatic carbocycles. The van der Waals surface area contributed by atoms with E-state index in [1.165, 1.54) is 5.56 Å². The fourth-order valence-corrected chi connectivity index (χ4v) is 5.06. The third kappa shape index (κ3) is 5.66. The van der Waals surface area contributed by atoms with E-state index in [1.807, 2.05) is 17.9 Å². The first-order chi connectivity index (χ1) is 18.0. The maximum absolute atomic E-state index is 13.2. The highest BCUT2D eigenvalue weighted by Crippen LogP contribution is 2.31. The number of nitrogens with zero attached hydrogens (tertiary/aromatic N) is 2. The third-order valence-corrected chi connectivity index (χ3v) is 6.97. The van der Waals surface area contributed by atoms with Crippen molar-refractivity contribution < 1.29 is 14.3 Å². The number of aromatic amines is 1. The van der Waals surface area contributed by atoms with Crippen LogP contribution >= 0.6 is 0 Å². The minimum absolute atomic E-state index is 0.120. The van der Waals surface area contributed by atoms with Gasteiger partial charge in [0.15, 0.2) is 0 Å². The molecule has 0 bridgehead atoms. The summed E-state index contributed by atoms with van der Waals surface area (Å²) >= 11 is 0. The number of aromatic nitrogens is 2. The van der Waals surface area contributed by atoms with Gasteiger partial charge in [0.05, 0.1) is 18.1 Å². The van der Waals surface area contributed by atoms with E-state index in [4.69, 9.17) is 4.74 Å². The van der Waals surface area contributed by atoms with Gasteiger partial charge >= 0.3 is 0 Å². The molecule has 5 rings (SSSR count). The maximum Gasteiger partial charge on any atom is 0.258 e. The van der Waals surface area contributed by atoms with Crippen molar-refractivity contribution in [1.82, 2.24) is 9.97 Å². The SMILES string of the molecule is CCOc1ccc(NC(=O)[C@H]2CC(=O)Nc3nc(N4CCC(Cc5ccccc5)CC4)[nH]c(=O)c32)cc1. The van der Waals surface area contributed by atoms with Gasteiger partial charge in [-0.25, -0.2) is 0 Å². The van der Waals surface area contributed by atoms with E-state index in [-0.39, 0.29) is 23.7 Å². The van der Waals surface area contributed by atoms with Gasteiger partial charge in [-0.1, -0.05) is 30.3 Å². The van der Waals surface area contributed by atoms with Crippen LogP contribution in [-0.4, -0.2) is 41.5 Å². The predicted octanol–water partition coefficient (Wildman–Crippen LogP) is 3.69. The first kappa shape index (κ1) is 24.5. The second-order valence-corrected chi connectivity index (χ2v) is 9.52. The summed E-state index contributed by atoms with van der Waals surface area (Å²) in [5.74, 6) is 0.144. The molecule has 2 amide bonds. The molecular weight excluding hydrogens is 470 g/mol. The molecule has 1 saturated heterocycles. The molecule has 3 aromatic rings. The lowest BCUT2D eigenvalue weighted by atomic mass is 9.90. The standard InChI is InChI=1S/C28H31N5O4/c1-2-37-21-10-8-20(9-11-21)29-26(35)22-17-23(34)30-25-24(22)27(36)32-28(31-25)33-14-12-19(13-15-33)16-18-6-4-3-5-7-18/h3-11,19,22H,2,12-17H2,1H3,(H,29,35)(H2,30,31,32,34,36)/t22-/m0/s1. The Morgan fingerprint density at radius 2 is 1.81 bits per heavy atom. The average Bonchev–Trinajstić information content (AvgIpc) is 2.90. The molecule has 0 saturated carbocycles. The summed E-state index contributed by atoms with van der Waals surface area (Å²) in [5, 5.41) is 5.51. The number of fused-ring (bicyclic) bond motifs is 1. The Labute approximate surface area is 215 Å². The second kappa shape index (κ2) is 10.9. The van der Waals surface area contributed by atoms with Crippen molar-refractivity contribution in [1.29, 1.82) is 0 Å². The van der Waals surface area contributed by atoms with Crippen molar-refractivity contribution >= 4 is 29.3 Å². The van der Waals surface area contributed by atoms with Gasteiger partial charge in [-0.05, 0) is 61.9 Å². The summed E-state index contributed by atoms with van der Waals surface area (Å²) < 4.78 is 5.43. The minimum atomic E-state index is -0.933. The molecule has 0 radical (unpaired) electrons. The van der Waals surface area contributed by atoms with Gasteiger partial charge in [0.1, 0.15) is 11.6 Å². The van der Waals surface area contributed by atoms with E-state index in [0.29, 0.717) is 29.9 Å². The van der Waals surface area contributed by atoms with Crippen molar-refractivity contribution in [3.63, 3.8) is 0 Å². The van der Waals surface area contributed by atoms with E-state index in [0.717, 1.165) is 32.4 Å². The number of nitrogens with one attached hydrogen (secondary N) is 3. The lowest BCUT2D eigenvalue weighted by Gasteiger charge is -2.33. The highest BCUT2D eigenvalue weighted by Gasteiger charge is 2.35. The zero-order valence-corrected chi connectivity index (χ0v) is 20.8. The molecule has 1 fully saturated rings. The van der Waals surface area contributed by atoms with Gasteiger partial charge in [-0.2, -0.15) is 4.98 Å². The van der Waals surface area contributed by atoms with E-state index < -0.39 is 17.4 Å². The Hall–Kier alpha value is -4.14. The van der Waals surface area contributed by atoms with Crippen LogP contribution in [0.3, 0.4) is 0 Å². The number of benzene rings is 2. The zero-order chi connectivity index (χ0) is 25.8. The summed E-state index contributed by atoms with van der Waals surface area (Å²) in [7, 11) is 0. The first-order valence-electron chi connectivity index (χ1n) is 12.8. The van der Waals surface area contributed by atoms with Crippen LogP contribution in [0, 0.1) is 5.92 Å². The number of anilines is 3. The number of H-pyrrole nitrogens is 1. The number of hydrogen-bond donors (Lipinski definition) is 3. The molecule has 37 heavy (non-hydrogen) atoms. The number of amides is 2. The monoisotopic (exact) mass is 501 g/mol. The van der Waals surface area contributed by atoms with Crippen LogP contribution in [0.15, 0.2) is 59.4 Å². The molecule has 1 aromatic heterocycles. The van der Waals surface area contributed by atoms with Gasteiger partial charge in [0.25, 0.3) is 5.56 Å². The molecule has 9 heteroatoms. The third-order valence-electron chi connectivity index (χ3n) is 6.97. The Kier molecular flexibility index (Phi) is 7.20. The average molecular weight is 502 g/mol. The van der Waals surface area contributed by atoms with Crippen molar-refractivity contribution in [2.75, 3.05) is 35.2 Å². The van der Waals surface area contributed by atoms with Crippen LogP contribution in [0.5, 0.6) is 5.75 Å². The molecule has 2 aliphatic rings. The Morgan fingerprint density at radius 1 is 1.08 bits per heavy atom. The van der Waals surface area contributed by atoms with Crippen LogP contribution < -0.4 is 25.8 Å². The van der Waals surface area contributed by atoms with Crippen molar-refractivity contribution in [2.24, 2.45) is 5.92 Å². The van der Waals surface area contributed by atoms with E-state index in [2.05, 4.69) is 44.9 Å². The number of piperidine rings is 1. The Balaban J connectivity index is 1.29. The van der Waals surface area contributed by atoms with Crippen molar-refractivity contribution in [3.05, 3.63) is 76.1 Å². The molecule has 2 aromatic carbocycles. The molecule has 0 spiro atoms. The molecule has 9 nitrogen and oxygen atoms in total. The van der Waals surface area contributed by atoms with Crippen LogP contribution in [0.1, 0.15) is 43.2 Å². The summed E-state index contributed by atoms with van der Waals surface area (Å²) in [4.78, 5) is 48.2. The van der Waals surface area contributed by atoms with Crippen LogP contribution in [0.25, 0.3) is 0 Å². The number of rotatable bonds is 7. The topological polar surface area (TPSA) is 116 Å². The van der Waals surface area contributed by atoms with Gasteiger partial charge in [0.2, 0.25) is 17.8 Å². The molecule has 0 unspecified atom stereocenters. The van der Waals surface area contributed by atoms with E-state index in [9.17, 15) is 14.4 Å². The number of hydrogen-bond acceptors (Lipinski definition) is 6. The second-order valence-electron chi connectivity index (χ2n) is 9.52. The van der Waals surface area contributed by atoms with Gasteiger partial charge in [-0.15, -0.1) is 0 Å². The summed E-state index contributed by atoms with van der Waals surface area (Å²) in [6.07, 6.45) is 2.87. The van der Waals surface area contributed by atoms with E-state index in [1.54, 1.807) is 24.3 Å². The predicted molar refractivity (Wildman–Crippen MR) is 142 cm³/mol. The maximum atomic E-state index is 13.2. The Morgan fingerprint density at radius 3 is 2.51 bits per heavy atom. The molecule has 192 valence electrons. The summed E-state index contributed by atoms with van der Waals surface area (Å²) in [6, 6.07) is 17.4. The molecule has 3 heterocycles. The summed E-state index contributed by atoms with van der Waals surface area (Å²) in [5.41, 5.74) is 1.67. The largest absolute Gasteiger partial charge is 0.494 e. The smallest absolute Gasteiger partial charge is 0.258 e.